The van der Waals surface area contributed by atoms with Crippen molar-refractivity contribution in [3.8, 4) is 0 Å². The summed E-state index contributed by atoms with van der Waals surface area (Å²) in [6.45, 7) is 5.90. The third kappa shape index (κ3) is 2.23. The molecule has 0 spiro atoms. The molecule has 1 aromatic rings. The molecule has 1 aromatic carbocycles. The highest BCUT2D eigenvalue weighted by Crippen LogP contribution is 2.43. The summed E-state index contributed by atoms with van der Waals surface area (Å²) in [5.74, 6) is 0.462. The molecule has 3 rings (SSSR count). The van der Waals surface area contributed by atoms with Gasteiger partial charge in [-0.05, 0) is 31.2 Å². The van der Waals surface area contributed by atoms with Crippen molar-refractivity contribution in [2.24, 2.45) is 5.92 Å². The Morgan fingerprint density at radius 3 is 2.43 bits per heavy atom. The average Bonchev–Trinajstić information content (AvgIpc) is 3.20. The number of hydrogen-bond acceptors (Lipinski definition) is 2. The van der Waals surface area contributed by atoms with E-state index in [1.165, 1.54) is 0 Å². The van der Waals surface area contributed by atoms with Crippen LogP contribution in [0.5, 0.6) is 0 Å². The number of benzene rings is 1. The summed E-state index contributed by atoms with van der Waals surface area (Å²) in [4.78, 5) is 27.4. The normalized spacial score (nSPS) is 35.6. The van der Waals surface area contributed by atoms with Gasteiger partial charge in [-0.15, -0.1) is 0 Å². The van der Waals surface area contributed by atoms with E-state index in [4.69, 9.17) is 0 Å². The van der Waals surface area contributed by atoms with Gasteiger partial charge in [-0.1, -0.05) is 44.2 Å². The van der Waals surface area contributed by atoms with Crippen molar-refractivity contribution in [1.29, 1.82) is 0 Å². The van der Waals surface area contributed by atoms with E-state index in [1.54, 1.807) is 0 Å². The molecule has 1 saturated carbocycles. The Balaban J connectivity index is 2.02. The van der Waals surface area contributed by atoms with E-state index in [0.717, 1.165) is 12.0 Å². The number of carbonyl (C=O) groups excluding carboxylic acids is 2. The minimum absolute atomic E-state index is 0.0489. The van der Waals surface area contributed by atoms with Crippen LogP contribution in [0.3, 0.4) is 0 Å². The van der Waals surface area contributed by atoms with E-state index in [2.05, 4.69) is 12.2 Å². The second-order valence-corrected chi connectivity index (χ2v) is 6.48. The van der Waals surface area contributed by atoms with E-state index >= 15 is 0 Å². The second-order valence-electron chi connectivity index (χ2n) is 6.48. The molecule has 21 heavy (non-hydrogen) atoms. The van der Waals surface area contributed by atoms with E-state index in [1.807, 2.05) is 49.1 Å². The zero-order valence-corrected chi connectivity index (χ0v) is 12.8. The van der Waals surface area contributed by atoms with Crippen LogP contribution in [-0.2, 0) is 9.59 Å². The van der Waals surface area contributed by atoms with Crippen LogP contribution in [0.4, 0.5) is 0 Å². The standard InChI is InChI=1S/C17H22N2O2/c1-4-17(3)16(21)19(13-10-11(13)2)14(15(20)18-17)12-8-6-5-7-9-12/h5-9,11,13-14H,4,10H2,1-3H3,(H,18,20). The van der Waals surface area contributed by atoms with E-state index in [-0.39, 0.29) is 17.9 Å². The average molecular weight is 286 g/mol. The predicted molar refractivity (Wildman–Crippen MR) is 80.4 cm³/mol. The monoisotopic (exact) mass is 286 g/mol. The van der Waals surface area contributed by atoms with Gasteiger partial charge >= 0.3 is 0 Å². The topological polar surface area (TPSA) is 49.4 Å². The lowest BCUT2D eigenvalue weighted by molar-refractivity contribution is -0.155. The van der Waals surface area contributed by atoms with Crippen LogP contribution >= 0.6 is 0 Å². The van der Waals surface area contributed by atoms with E-state index in [9.17, 15) is 9.59 Å². The van der Waals surface area contributed by atoms with Gasteiger partial charge in [0.05, 0.1) is 0 Å². The van der Waals surface area contributed by atoms with Gasteiger partial charge in [-0.25, -0.2) is 0 Å². The Morgan fingerprint density at radius 1 is 1.29 bits per heavy atom. The molecule has 1 saturated heterocycles. The first kappa shape index (κ1) is 14.1. The van der Waals surface area contributed by atoms with Gasteiger partial charge in [-0.2, -0.15) is 0 Å². The van der Waals surface area contributed by atoms with Gasteiger partial charge in [0.2, 0.25) is 11.8 Å². The number of amides is 2. The lowest BCUT2D eigenvalue weighted by atomic mass is 9.89. The minimum atomic E-state index is -0.773. The zero-order chi connectivity index (χ0) is 15.2. The molecule has 112 valence electrons. The fourth-order valence-electron chi connectivity index (χ4n) is 3.14. The van der Waals surface area contributed by atoms with Crippen molar-refractivity contribution >= 4 is 11.8 Å². The Kier molecular flexibility index (Phi) is 3.27. The number of piperazine rings is 1. The molecule has 1 heterocycles. The van der Waals surface area contributed by atoms with Gasteiger partial charge < -0.3 is 10.2 Å². The van der Waals surface area contributed by atoms with Crippen LogP contribution in [0.2, 0.25) is 0 Å². The number of hydrogen-bond donors (Lipinski definition) is 1. The predicted octanol–water partition coefficient (Wildman–Crippen LogP) is 2.26. The number of nitrogens with zero attached hydrogens (tertiary/aromatic N) is 1. The Hall–Kier alpha value is -1.84. The summed E-state index contributed by atoms with van der Waals surface area (Å²) in [6.07, 6.45) is 1.60. The van der Waals surface area contributed by atoms with Crippen molar-refractivity contribution in [3.63, 3.8) is 0 Å². The molecular formula is C17H22N2O2. The van der Waals surface area contributed by atoms with Crippen LogP contribution in [0.25, 0.3) is 0 Å². The minimum Gasteiger partial charge on any atom is -0.340 e. The summed E-state index contributed by atoms with van der Waals surface area (Å²) < 4.78 is 0. The first-order chi connectivity index (χ1) is 9.98. The molecule has 4 nitrogen and oxygen atoms in total. The Labute approximate surface area is 125 Å². The maximum Gasteiger partial charge on any atom is 0.249 e. The summed E-state index contributed by atoms with van der Waals surface area (Å²) >= 11 is 0. The third-order valence-electron chi connectivity index (χ3n) is 4.88. The molecule has 0 bridgehead atoms. The number of nitrogens with one attached hydrogen (secondary N) is 1. The van der Waals surface area contributed by atoms with Crippen LogP contribution in [0.1, 0.15) is 45.2 Å². The van der Waals surface area contributed by atoms with E-state index < -0.39 is 11.6 Å². The molecule has 4 atom stereocenters. The molecule has 1 aliphatic carbocycles. The smallest absolute Gasteiger partial charge is 0.249 e. The maximum absolute atomic E-state index is 12.9. The zero-order valence-electron chi connectivity index (χ0n) is 12.8. The van der Waals surface area contributed by atoms with Gasteiger partial charge in [0, 0.05) is 6.04 Å². The van der Waals surface area contributed by atoms with Crippen LogP contribution in [0, 0.1) is 5.92 Å². The quantitative estimate of drug-likeness (QED) is 0.926. The molecule has 4 heteroatoms. The summed E-state index contributed by atoms with van der Waals surface area (Å²) in [6, 6.07) is 9.29. The SMILES string of the molecule is CCC1(C)NC(=O)C(c2ccccc2)N(C2CC2C)C1=O. The number of carbonyl (C=O) groups is 2. The highest BCUT2D eigenvalue weighted by Gasteiger charge is 2.54. The highest BCUT2D eigenvalue weighted by atomic mass is 16.2. The van der Waals surface area contributed by atoms with Crippen LogP contribution in [-0.4, -0.2) is 28.3 Å². The first-order valence-corrected chi connectivity index (χ1v) is 7.67. The molecule has 2 aliphatic rings. The number of rotatable bonds is 3. The molecule has 4 unspecified atom stereocenters. The fraction of sp³-hybridized carbons (Fsp3) is 0.529. The first-order valence-electron chi connectivity index (χ1n) is 7.67. The van der Waals surface area contributed by atoms with Gasteiger partial charge in [0.1, 0.15) is 11.6 Å². The van der Waals surface area contributed by atoms with Crippen molar-refractivity contribution in [2.75, 3.05) is 0 Å². The van der Waals surface area contributed by atoms with Crippen molar-refractivity contribution < 1.29 is 9.59 Å². The van der Waals surface area contributed by atoms with Gasteiger partial charge in [-0.3, -0.25) is 9.59 Å². The molecule has 2 fully saturated rings. The van der Waals surface area contributed by atoms with Crippen molar-refractivity contribution in [2.45, 2.75) is 51.2 Å². The third-order valence-corrected chi connectivity index (χ3v) is 4.88. The highest BCUT2D eigenvalue weighted by molar-refractivity contribution is 6.00. The fourth-order valence-corrected chi connectivity index (χ4v) is 3.14. The molecule has 1 aliphatic heterocycles. The molecule has 2 amide bonds. The molecular weight excluding hydrogens is 264 g/mol. The second kappa shape index (κ2) is 4.86. The Bertz CT molecular complexity index is 571. The van der Waals surface area contributed by atoms with Crippen LogP contribution in [0.15, 0.2) is 30.3 Å². The molecule has 0 aromatic heterocycles. The van der Waals surface area contributed by atoms with Crippen molar-refractivity contribution in [1.82, 2.24) is 10.2 Å². The van der Waals surface area contributed by atoms with Crippen molar-refractivity contribution in [3.05, 3.63) is 35.9 Å². The lowest BCUT2D eigenvalue weighted by Gasteiger charge is -2.44. The largest absolute Gasteiger partial charge is 0.340 e. The van der Waals surface area contributed by atoms with E-state index in [0.29, 0.717) is 12.3 Å². The van der Waals surface area contributed by atoms with Gasteiger partial charge in [0.15, 0.2) is 0 Å². The lowest BCUT2D eigenvalue weighted by Crippen LogP contribution is -2.66. The molecule has 1 N–H and O–H groups in total. The summed E-state index contributed by atoms with van der Waals surface area (Å²) in [5, 5.41) is 2.94. The molecule has 0 radical (unpaired) electrons. The Morgan fingerprint density at radius 2 is 1.90 bits per heavy atom. The van der Waals surface area contributed by atoms with Gasteiger partial charge in [0.25, 0.3) is 0 Å². The van der Waals surface area contributed by atoms with Crippen LogP contribution < -0.4 is 5.32 Å². The maximum atomic E-state index is 12.9. The summed E-state index contributed by atoms with van der Waals surface area (Å²) in [5.41, 5.74) is 0.116. The summed E-state index contributed by atoms with van der Waals surface area (Å²) in [7, 11) is 0.